The smallest absolute Gasteiger partial charge is 1.00 e. The quantitative estimate of drug-likeness (QED) is 0.515. The summed E-state index contributed by atoms with van der Waals surface area (Å²) in [6, 6.07) is 2.21. The summed E-state index contributed by atoms with van der Waals surface area (Å²) >= 11 is 5.87. The van der Waals surface area contributed by atoms with E-state index in [4.69, 9.17) is 4.55 Å². The molecule has 0 fully saturated rings. The second-order valence-corrected chi connectivity index (χ2v) is 5.34. The Morgan fingerprint density at radius 3 is 1.86 bits per heavy atom. The summed E-state index contributed by atoms with van der Waals surface area (Å²) in [4.78, 5) is -0.288. The summed E-state index contributed by atoms with van der Waals surface area (Å²) in [6.45, 7) is 0. The first-order valence-corrected chi connectivity index (χ1v) is 6.00. The van der Waals surface area contributed by atoms with Crippen molar-refractivity contribution in [1.29, 1.82) is 0 Å². The van der Waals surface area contributed by atoms with E-state index >= 15 is 0 Å². The van der Waals surface area contributed by atoms with E-state index in [1.54, 1.807) is 0 Å². The fourth-order valence-corrected chi connectivity index (χ4v) is 2.71. The molecular weight excluding hydrogens is 351 g/mol. The maximum Gasteiger partial charge on any atom is 1.00 e. The molecule has 1 aromatic carbocycles. The van der Waals surface area contributed by atoms with Crippen molar-refractivity contribution in [1.82, 2.24) is 0 Å². The Balaban J connectivity index is 0. The Morgan fingerprint density at radius 1 is 1.21 bits per heavy atom. The number of benzene rings is 1. The third-order valence-corrected chi connectivity index (χ3v) is 3.33. The summed E-state index contributed by atoms with van der Waals surface area (Å²) in [5.41, 5.74) is 0. The molecule has 0 amide bonds. The van der Waals surface area contributed by atoms with Crippen LogP contribution in [-0.4, -0.2) is 18.1 Å². The Kier molecular flexibility index (Phi) is 5.62. The third-order valence-electron chi connectivity index (χ3n) is 1.29. The van der Waals surface area contributed by atoms with Crippen molar-refractivity contribution in [3.8, 4) is 5.75 Å². The van der Waals surface area contributed by atoms with Gasteiger partial charge in [0.1, 0.15) is 5.75 Å². The van der Waals surface area contributed by atoms with Crippen molar-refractivity contribution < 1.29 is 49.1 Å². The predicted molar refractivity (Wildman–Crippen MR) is 54.4 cm³/mol. The molecule has 14 heavy (non-hydrogen) atoms. The predicted octanol–water partition coefficient (Wildman–Crippen LogP) is -0.720. The van der Waals surface area contributed by atoms with Gasteiger partial charge in [-0.25, -0.2) is 0 Å². The minimum absolute atomic E-state index is 0. The SMILES string of the molecule is O=S(=O)(O)c1cc(Br)c(O)c(Br)c1.[H-].[Na+]. The van der Waals surface area contributed by atoms with Crippen LogP contribution in [0.1, 0.15) is 1.43 Å². The molecule has 2 N–H and O–H groups in total. The van der Waals surface area contributed by atoms with E-state index in [1.807, 2.05) is 0 Å². The maximum absolute atomic E-state index is 10.7. The molecule has 0 aliphatic heterocycles. The fourth-order valence-electron chi connectivity index (χ4n) is 0.691. The minimum Gasteiger partial charge on any atom is -1.00 e. The number of halogens is 2. The van der Waals surface area contributed by atoms with Crippen LogP contribution in [0.3, 0.4) is 0 Å². The normalized spacial score (nSPS) is 10.8. The first-order chi connectivity index (χ1) is 5.82. The second kappa shape index (κ2) is 5.29. The average Bonchev–Trinajstić information content (AvgIpc) is 1.97. The Labute approximate surface area is 121 Å². The van der Waals surface area contributed by atoms with Gasteiger partial charge in [-0.2, -0.15) is 8.42 Å². The van der Waals surface area contributed by atoms with Crippen LogP contribution in [0.2, 0.25) is 0 Å². The van der Waals surface area contributed by atoms with Crippen molar-refractivity contribution in [3.05, 3.63) is 21.1 Å². The van der Waals surface area contributed by atoms with Crippen LogP contribution in [-0.2, 0) is 10.1 Å². The largest absolute Gasteiger partial charge is 1.00 e. The van der Waals surface area contributed by atoms with E-state index in [2.05, 4.69) is 31.9 Å². The van der Waals surface area contributed by atoms with E-state index in [0.717, 1.165) is 12.1 Å². The van der Waals surface area contributed by atoms with Gasteiger partial charge in [-0.3, -0.25) is 4.55 Å². The van der Waals surface area contributed by atoms with Crippen LogP contribution >= 0.6 is 31.9 Å². The molecule has 1 rings (SSSR count). The minimum atomic E-state index is -4.24. The molecule has 0 spiro atoms. The number of rotatable bonds is 1. The fraction of sp³-hybridized carbons (Fsp3) is 0. The van der Waals surface area contributed by atoms with Gasteiger partial charge in [0, 0.05) is 0 Å². The molecule has 0 bridgehead atoms. The molecule has 1 aromatic rings. The Morgan fingerprint density at radius 2 is 1.57 bits per heavy atom. The summed E-state index contributed by atoms with van der Waals surface area (Å²) < 4.78 is 30.4. The van der Waals surface area contributed by atoms with Gasteiger partial charge in [0.2, 0.25) is 0 Å². The van der Waals surface area contributed by atoms with Crippen LogP contribution < -0.4 is 29.6 Å². The topological polar surface area (TPSA) is 74.6 Å². The van der Waals surface area contributed by atoms with Crippen LogP contribution in [0.4, 0.5) is 0 Å². The van der Waals surface area contributed by atoms with Crippen molar-refractivity contribution in [3.63, 3.8) is 0 Å². The summed E-state index contributed by atoms with van der Waals surface area (Å²) in [5, 5.41) is 9.23. The zero-order valence-corrected chi connectivity index (χ0v) is 13.0. The molecule has 0 aliphatic rings. The van der Waals surface area contributed by atoms with Gasteiger partial charge >= 0.3 is 29.6 Å². The van der Waals surface area contributed by atoms with E-state index < -0.39 is 10.1 Å². The van der Waals surface area contributed by atoms with E-state index in [1.165, 1.54) is 0 Å². The summed E-state index contributed by atoms with van der Waals surface area (Å²) in [5.74, 6) is -0.118. The van der Waals surface area contributed by atoms with Gasteiger partial charge in [0.05, 0.1) is 13.8 Å². The maximum atomic E-state index is 10.7. The first kappa shape index (κ1) is 14.9. The third kappa shape index (κ3) is 3.48. The second-order valence-electron chi connectivity index (χ2n) is 2.21. The Hall–Kier alpha value is 0.890. The monoisotopic (exact) mass is 354 g/mol. The number of phenolic OH excluding ortho intramolecular Hbond substituents is 1. The molecule has 0 saturated carbocycles. The molecule has 0 aromatic heterocycles. The molecule has 8 heteroatoms. The number of hydrogen-bond donors (Lipinski definition) is 2. The molecule has 0 atom stereocenters. The van der Waals surface area contributed by atoms with Gasteiger partial charge in [-0.15, -0.1) is 0 Å². The molecule has 4 nitrogen and oxygen atoms in total. The molecule has 0 saturated heterocycles. The summed E-state index contributed by atoms with van der Waals surface area (Å²) in [7, 11) is -4.24. The number of hydrogen-bond acceptors (Lipinski definition) is 3. The van der Waals surface area contributed by atoms with Crippen LogP contribution in [0.15, 0.2) is 26.0 Å². The number of aromatic hydroxyl groups is 1. The van der Waals surface area contributed by atoms with Crippen molar-refractivity contribution >= 4 is 42.0 Å². The van der Waals surface area contributed by atoms with Gasteiger partial charge < -0.3 is 6.53 Å². The molecule has 0 unspecified atom stereocenters. The van der Waals surface area contributed by atoms with Gasteiger partial charge in [-0.1, -0.05) is 0 Å². The molecule has 0 radical (unpaired) electrons. The zero-order valence-electron chi connectivity index (χ0n) is 8.03. The van der Waals surface area contributed by atoms with E-state index in [9.17, 15) is 13.5 Å². The first-order valence-electron chi connectivity index (χ1n) is 2.98. The zero-order chi connectivity index (χ0) is 10.2. The average molecular weight is 356 g/mol. The van der Waals surface area contributed by atoms with Crippen LogP contribution in [0, 0.1) is 0 Å². The molecule has 0 heterocycles. The van der Waals surface area contributed by atoms with Crippen molar-refractivity contribution in [2.45, 2.75) is 4.90 Å². The van der Waals surface area contributed by atoms with Crippen LogP contribution in [0.25, 0.3) is 0 Å². The van der Waals surface area contributed by atoms with E-state index in [0.29, 0.717) is 0 Å². The Bertz CT molecular complexity index is 427. The van der Waals surface area contributed by atoms with Gasteiger partial charge in [-0.05, 0) is 44.0 Å². The van der Waals surface area contributed by atoms with Crippen molar-refractivity contribution in [2.75, 3.05) is 0 Å². The molecule has 0 aliphatic carbocycles. The standard InChI is InChI=1S/C6H4Br2O4S.Na.H/c7-4-1-3(13(10,11)12)2-5(8)6(4)9;;/h1-2,9H,(H,10,11,12);;/q;+1;-1. The summed E-state index contributed by atoms with van der Waals surface area (Å²) in [6.07, 6.45) is 0. The van der Waals surface area contributed by atoms with Gasteiger partial charge in [0.25, 0.3) is 10.1 Å². The van der Waals surface area contributed by atoms with Crippen LogP contribution in [0.5, 0.6) is 5.75 Å². The van der Waals surface area contributed by atoms with Crippen molar-refractivity contribution in [2.24, 2.45) is 0 Å². The van der Waals surface area contributed by atoms with E-state index in [-0.39, 0.29) is 50.6 Å². The molecule has 74 valence electrons. The number of phenols is 1. The van der Waals surface area contributed by atoms with Gasteiger partial charge in [0.15, 0.2) is 0 Å². The molecular formula is C6H5Br2NaO4S.